The van der Waals surface area contributed by atoms with Crippen molar-refractivity contribution >= 4 is 33.2 Å². The molecule has 0 bridgehead atoms. The molecule has 0 atom stereocenters. The Kier molecular flexibility index (Phi) is 4.43. The van der Waals surface area contributed by atoms with Gasteiger partial charge in [-0.1, -0.05) is 18.2 Å². The molecule has 7 heteroatoms. The van der Waals surface area contributed by atoms with Gasteiger partial charge in [0.1, 0.15) is 16.8 Å². The van der Waals surface area contributed by atoms with Gasteiger partial charge in [-0.2, -0.15) is 0 Å². The highest BCUT2D eigenvalue weighted by Gasteiger charge is 2.13. The van der Waals surface area contributed by atoms with Crippen LogP contribution in [0.25, 0.3) is 20.7 Å². The second-order valence-electron chi connectivity index (χ2n) is 5.75. The average molecular weight is 377 g/mol. The fourth-order valence-corrected chi connectivity index (χ4v) is 3.67. The maximum atomic E-state index is 11.6. The van der Waals surface area contributed by atoms with Gasteiger partial charge >= 0.3 is 5.97 Å². The van der Waals surface area contributed by atoms with Crippen molar-refractivity contribution in [1.29, 1.82) is 0 Å². The summed E-state index contributed by atoms with van der Waals surface area (Å²) in [6.45, 7) is 0. The number of rotatable bonds is 4. The number of nitrogens with two attached hydrogens (primary N) is 1. The Labute approximate surface area is 159 Å². The molecule has 4 aromatic rings. The lowest BCUT2D eigenvalue weighted by molar-refractivity contribution is 0.0601. The molecule has 0 aliphatic rings. The number of nitrogens with zero attached hydrogens (tertiary/aromatic N) is 2. The summed E-state index contributed by atoms with van der Waals surface area (Å²) >= 11 is 1.52. The Balaban J connectivity index is 1.69. The zero-order valence-corrected chi connectivity index (χ0v) is 15.2. The minimum absolute atomic E-state index is 0.360. The molecule has 0 amide bonds. The summed E-state index contributed by atoms with van der Waals surface area (Å²) < 4.78 is 11.5. The average Bonchev–Trinajstić information content (AvgIpc) is 3.13. The van der Waals surface area contributed by atoms with E-state index in [2.05, 4.69) is 9.97 Å². The number of hydrogen-bond donors (Lipinski definition) is 1. The van der Waals surface area contributed by atoms with Gasteiger partial charge in [0.15, 0.2) is 0 Å². The van der Waals surface area contributed by atoms with Crippen LogP contribution in [0.1, 0.15) is 10.4 Å². The standard InChI is InChI=1S/C20H15N3O3S/c1-25-20(24)13-7-5-12(6-8-13)17-10-16-18(27-17)19(23-11-22-16)26-15-4-2-3-14(21)9-15/h2-11H,21H2,1H3. The SMILES string of the molecule is COC(=O)c1ccc(-c2cc3ncnc(Oc4cccc(N)c4)c3s2)cc1. The molecule has 27 heavy (non-hydrogen) atoms. The van der Waals surface area contributed by atoms with Gasteiger partial charge in [0.05, 0.1) is 18.2 Å². The predicted octanol–water partition coefficient (Wildman–Crippen LogP) is 4.52. The van der Waals surface area contributed by atoms with E-state index in [-0.39, 0.29) is 5.97 Å². The number of thiophene rings is 1. The van der Waals surface area contributed by atoms with Crippen LogP contribution in [0.3, 0.4) is 0 Å². The second-order valence-corrected chi connectivity index (χ2v) is 6.80. The van der Waals surface area contributed by atoms with Crippen LogP contribution in [0.5, 0.6) is 11.6 Å². The lowest BCUT2D eigenvalue weighted by atomic mass is 10.1. The third-order valence-corrected chi connectivity index (χ3v) is 5.10. The molecule has 0 aliphatic carbocycles. The molecule has 0 unspecified atom stereocenters. The molecule has 6 nitrogen and oxygen atoms in total. The molecule has 0 fully saturated rings. The van der Waals surface area contributed by atoms with E-state index < -0.39 is 0 Å². The zero-order valence-electron chi connectivity index (χ0n) is 14.4. The first-order valence-corrected chi connectivity index (χ1v) is 8.92. The predicted molar refractivity (Wildman–Crippen MR) is 105 cm³/mol. The summed E-state index contributed by atoms with van der Waals surface area (Å²) in [4.78, 5) is 21.2. The quantitative estimate of drug-likeness (QED) is 0.416. The molecule has 0 spiro atoms. The van der Waals surface area contributed by atoms with Gasteiger partial charge in [-0.25, -0.2) is 14.8 Å². The molecule has 2 N–H and O–H groups in total. The van der Waals surface area contributed by atoms with Crippen LogP contribution in [0.15, 0.2) is 60.9 Å². The molecule has 0 radical (unpaired) electrons. The normalized spacial score (nSPS) is 10.7. The third kappa shape index (κ3) is 3.45. The van der Waals surface area contributed by atoms with Crippen molar-refractivity contribution in [3.63, 3.8) is 0 Å². The van der Waals surface area contributed by atoms with E-state index in [1.54, 1.807) is 24.3 Å². The van der Waals surface area contributed by atoms with Crippen molar-refractivity contribution in [3.8, 4) is 22.1 Å². The maximum Gasteiger partial charge on any atom is 0.337 e. The second kappa shape index (κ2) is 7.05. The molecule has 0 saturated carbocycles. The van der Waals surface area contributed by atoms with Crippen LogP contribution in [0, 0.1) is 0 Å². The topological polar surface area (TPSA) is 87.3 Å². The van der Waals surface area contributed by atoms with Gasteiger partial charge in [-0.3, -0.25) is 0 Å². The fraction of sp³-hybridized carbons (Fsp3) is 0.0500. The van der Waals surface area contributed by atoms with E-state index in [9.17, 15) is 4.79 Å². The molecular weight excluding hydrogens is 362 g/mol. The van der Waals surface area contributed by atoms with Gasteiger partial charge in [-0.15, -0.1) is 11.3 Å². The Morgan fingerprint density at radius 3 is 2.63 bits per heavy atom. The van der Waals surface area contributed by atoms with E-state index in [0.717, 1.165) is 20.7 Å². The number of carbonyl (C=O) groups excluding carboxylic acids is 1. The first-order valence-electron chi connectivity index (χ1n) is 8.11. The van der Waals surface area contributed by atoms with Gasteiger partial charge in [-0.05, 0) is 35.9 Å². The Bertz CT molecular complexity index is 1120. The van der Waals surface area contributed by atoms with Gasteiger partial charge in [0, 0.05) is 16.6 Å². The van der Waals surface area contributed by atoms with Crippen molar-refractivity contribution in [2.75, 3.05) is 12.8 Å². The molecule has 2 aromatic carbocycles. The number of nitrogen functional groups attached to an aromatic ring is 1. The number of benzene rings is 2. The number of methoxy groups -OCH3 is 1. The molecule has 134 valence electrons. The Hall–Kier alpha value is -3.45. The van der Waals surface area contributed by atoms with Crippen LogP contribution in [-0.2, 0) is 4.74 Å². The summed E-state index contributed by atoms with van der Waals surface area (Å²) in [5.41, 5.74) is 8.70. The summed E-state index contributed by atoms with van der Waals surface area (Å²) in [5.74, 6) is 0.738. The summed E-state index contributed by atoms with van der Waals surface area (Å²) in [6, 6.07) is 16.4. The van der Waals surface area contributed by atoms with Gasteiger partial charge in [0.25, 0.3) is 0 Å². The lowest BCUT2D eigenvalue weighted by Crippen LogP contribution is -2.00. The zero-order chi connectivity index (χ0) is 18.8. The van der Waals surface area contributed by atoms with Crippen molar-refractivity contribution < 1.29 is 14.3 Å². The van der Waals surface area contributed by atoms with Gasteiger partial charge < -0.3 is 15.2 Å². The highest BCUT2D eigenvalue weighted by molar-refractivity contribution is 7.22. The van der Waals surface area contributed by atoms with Crippen LogP contribution in [-0.4, -0.2) is 23.0 Å². The van der Waals surface area contributed by atoms with E-state index in [4.69, 9.17) is 15.2 Å². The Morgan fingerprint density at radius 1 is 1.07 bits per heavy atom. The van der Waals surface area contributed by atoms with Crippen LogP contribution >= 0.6 is 11.3 Å². The van der Waals surface area contributed by atoms with E-state index in [0.29, 0.717) is 22.9 Å². The van der Waals surface area contributed by atoms with Crippen molar-refractivity contribution in [2.24, 2.45) is 0 Å². The van der Waals surface area contributed by atoms with Crippen molar-refractivity contribution in [1.82, 2.24) is 9.97 Å². The largest absolute Gasteiger partial charge is 0.465 e. The van der Waals surface area contributed by atoms with Crippen LogP contribution in [0.2, 0.25) is 0 Å². The maximum absolute atomic E-state index is 11.6. The highest BCUT2D eigenvalue weighted by atomic mass is 32.1. The summed E-state index contributed by atoms with van der Waals surface area (Å²) in [6.07, 6.45) is 1.47. The number of hydrogen-bond acceptors (Lipinski definition) is 7. The highest BCUT2D eigenvalue weighted by Crippen LogP contribution is 2.38. The molecule has 4 rings (SSSR count). The first kappa shape index (κ1) is 17.0. The number of anilines is 1. The van der Waals surface area contributed by atoms with Crippen LogP contribution in [0.4, 0.5) is 5.69 Å². The number of aromatic nitrogens is 2. The number of carbonyl (C=O) groups is 1. The van der Waals surface area contributed by atoms with E-state index in [1.165, 1.54) is 24.8 Å². The lowest BCUT2D eigenvalue weighted by Gasteiger charge is -2.05. The molecule has 2 aromatic heterocycles. The molecular formula is C20H15N3O3S. The first-order chi connectivity index (χ1) is 13.1. The fourth-order valence-electron chi connectivity index (χ4n) is 2.63. The number of esters is 1. The van der Waals surface area contributed by atoms with Crippen molar-refractivity contribution in [3.05, 3.63) is 66.5 Å². The monoisotopic (exact) mass is 377 g/mol. The molecule has 0 aliphatic heterocycles. The Morgan fingerprint density at radius 2 is 1.89 bits per heavy atom. The number of fused-ring (bicyclic) bond motifs is 1. The van der Waals surface area contributed by atoms with E-state index in [1.807, 2.05) is 30.3 Å². The summed E-state index contributed by atoms with van der Waals surface area (Å²) in [5, 5.41) is 0. The number of ether oxygens (including phenoxy) is 2. The minimum atomic E-state index is -0.360. The van der Waals surface area contributed by atoms with E-state index >= 15 is 0 Å². The molecule has 2 heterocycles. The minimum Gasteiger partial charge on any atom is -0.465 e. The van der Waals surface area contributed by atoms with Crippen molar-refractivity contribution in [2.45, 2.75) is 0 Å². The molecule has 0 saturated heterocycles. The third-order valence-electron chi connectivity index (χ3n) is 3.94. The van der Waals surface area contributed by atoms with Crippen LogP contribution < -0.4 is 10.5 Å². The smallest absolute Gasteiger partial charge is 0.337 e. The van der Waals surface area contributed by atoms with Gasteiger partial charge in [0.2, 0.25) is 5.88 Å². The summed E-state index contributed by atoms with van der Waals surface area (Å²) in [7, 11) is 1.36.